The van der Waals surface area contributed by atoms with Gasteiger partial charge in [-0.05, 0) is 47.9 Å². The van der Waals surface area contributed by atoms with Crippen LogP contribution in [0, 0.1) is 11.8 Å². The first kappa shape index (κ1) is 23.8. The number of carbonyl (C=O) groups excluding carboxylic acids is 2. The minimum Gasteiger partial charge on any atom is -0.481 e. The largest absolute Gasteiger partial charge is 0.481 e. The van der Waals surface area contributed by atoms with Crippen molar-refractivity contribution in [2.45, 2.75) is 51.0 Å². The zero-order valence-corrected chi connectivity index (χ0v) is 19.5. The van der Waals surface area contributed by atoms with E-state index in [0.29, 0.717) is 25.7 Å². The molecule has 0 spiro atoms. The standard InChI is InChI=1S/C27H32N2O5/c1-2-7-18(26(31)32)15-28-25(30)17-12-13-19(14-17)29-27(33)34-16-24-22-10-5-3-8-20(22)21-9-4-6-11-23(21)24/h3-6,8-11,17-19,24H,2,7,12-16H2,1H3,(H,28,30)(H,29,33)(H,31,32)/t17-,18?,19+/m1/s1. The van der Waals surface area contributed by atoms with Gasteiger partial charge in [-0.25, -0.2) is 4.79 Å². The van der Waals surface area contributed by atoms with E-state index in [4.69, 9.17) is 4.74 Å². The molecule has 1 saturated carbocycles. The van der Waals surface area contributed by atoms with Crippen LogP contribution >= 0.6 is 0 Å². The average molecular weight is 465 g/mol. The second-order valence-corrected chi connectivity index (χ2v) is 9.25. The van der Waals surface area contributed by atoms with E-state index in [-0.39, 0.29) is 36.9 Å². The maximum atomic E-state index is 12.5. The molecule has 3 N–H and O–H groups in total. The number of fused-ring (bicyclic) bond motifs is 3. The number of ether oxygens (including phenoxy) is 1. The number of rotatable bonds is 9. The molecule has 1 fully saturated rings. The van der Waals surface area contributed by atoms with Crippen LogP contribution in [0.5, 0.6) is 0 Å². The molecule has 0 aromatic heterocycles. The van der Waals surface area contributed by atoms with Crippen LogP contribution < -0.4 is 10.6 Å². The van der Waals surface area contributed by atoms with E-state index < -0.39 is 18.0 Å². The molecule has 0 heterocycles. The smallest absolute Gasteiger partial charge is 0.407 e. The number of hydrogen-bond donors (Lipinski definition) is 3. The SMILES string of the molecule is CCCC(CNC(=O)[C@@H]1CC[C@H](NC(=O)OCC2c3ccccc3-c3ccccc32)C1)C(=O)O. The first-order valence-electron chi connectivity index (χ1n) is 12.1. The molecule has 2 aliphatic carbocycles. The third-order valence-electron chi connectivity index (χ3n) is 6.98. The fourth-order valence-electron chi connectivity index (χ4n) is 5.19. The second-order valence-electron chi connectivity index (χ2n) is 9.25. The summed E-state index contributed by atoms with van der Waals surface area (Å²) in [5.41, 5.74) is 4.69. The maximum Gasteiger partial charge on any atom is 0.407 e. The predicted molar refractivity (Wildman–Crippen MR) is 128 cm³/mol. The highest BCUT2D eigenvalue weighted by Crippen LogP contribution is 2.44. The fraction of sp³-hybridized carbons (Fsp3) is 0.444. The summed E-state index contributed by atoms with van der Waals surface area (Å²) >= 11 is 0. The minimum atomic E-state index is -0.886. The number of amides is 2. The van der Waals surface area contributed by atoms with Crippen LogP contribution in [0.2, 0.25) is 0 Å². The number of alkyl carbamates (subject to hydrolysis) is 1. The van der Waals surface area contributed by atoms with Gasteiger partial charge in [-0.15, -0.1) is 0 Å². The third-order valence-corrected chi connectivity index (χ3v) is 6.98. The predicted octanol–water partition coefficient (Wildman–Crippen LogP) is 4.31. The van der Waals surface area contributed by atoms with Gasteiger partial charge in [0.05, 0.1) is 5.92 Å². The van der Waals surface area contributed by atoms with Crippen molar-refractivity contribution in [1.82, 2.24) is 10.6 Å². The maximum absolute atomic E-state index is 12.5. The molecule has 2 aromatic rings. The Morgan fingerprint density at radius 1 is 1.03 bits per heavy atom. The molecule has 0 radical (unpaired) electrons. The number of carboxylic acids is 1. The molecule has 34 heavy (non-hydrogen) atoms. The molecule has 1 unspecified atom stereocenters. The summed E-state index contributed by atoms with van der Waals surface area (Å²) in [5.74, 6) is -1.81. The number of aliphatic carboxylic acids is 1. The van der Waals surface area contributed by atoms with Crippen LogP contribution in [0.4, 0.5) is 4.79 Å². The Morgan fingerprint density at radius 3 is 2.29 bits per heavy atom. The summed E-state index contributed by atoms with van der Waals surface area (Å²) in [5, 5.41) is 14.9. The summed E-state index contributed by atoms with van der Waals surface area (Å²) in [4.78, 5) is 36.3. The van der Waals surface area contributed by atoms with Crippen molar-refractivity contribution in [3.05, 3.63) is 59.7 Å². The van der Waals surface area contributed by atoms with Crippen LogP contribution in [-0.2, 0) is 14.3 Å². The Morgan fingerprint density at radius 2 is 1.68 bits per heavy atom. The minimum absolute atomic E-state index is 0.00514. The number of carboxylic acid groups (broad SMARTS) is 1. The quantitative estimate of drug-likeness (QED) is 0.513. The third kappa shape index (κ3) is 5.24. The van der Waals surface area contributed by atoms with E-state index in [1.54, 1.807) is 0 Å². The van der Waals surface area contributed by atoms with Crippen molar-refractivity contribution in [3.63, 3.8) is 0 Å². The van der Waals surface area contributed by atoms with E-state index in [1.807, 2.05) is 31.2 Å². The molecular weight excluding hydrogens is 432 g/mol. The summed E-state index contributed by atoms with van der Waals surface area (Å²) in [6.07, 6.45) is 2.70. The molecule has 0 bridgehead atoms. The van der Waals surface area contributed by atoms with Crippen LogP contribution in [0.15, 0.2) is 48.5 Å². The van der Waals surface area contributed by atoms with Gasteiger partial charge in [-0.3, -0.25) is 9.59 Å². The van der Waals surface area contributed by atoms with E-state index in [9.17, 15) is 19.5 Å². The molecule has 4 rings (SSSR count). The lowest BCUT2D eigenvalue weighted by atomic mass is 9.98. The molecule has 7 heteroatoms. The Labute approximate surface area is 199 Å². The highest BCUT2D eigenvalue weighted by atomic mass is 16.5. The number of nitrogens with one attached hydrogen (secondary N) is 2. The van der Waals surface area contributed by atoms with E-state index in [0.717, 1.165) is 17.5 Å². The van der Waals surface area contributed by atoms with Gasteiger partial charge in [-0.2, -0.15) is 0 Å². The highest BCUT2D eigenvalue weighted by Gasteiger charge is 2.33. The van der Waals surface area contributed by atoms with Gasteiger partial charge in [0.2, 0.25) is 5.91 Å². The lowest BCUT2D eigenvalue weighted by molar-refractivity contribution is -0.142. The van der Waals surface area contributed by atoms with Crippen LogP contribution in [-0.4, -0.2) is 42.3 Å². The van der Waals surface area contributed by atoms with Gasteiger partial charge in [0.25, 0.3) is 0 Å². The summed E-state index contributed by atoms with van der Waals surface area (Å²) in [6, 6.07) is 16.3. The number of benzene rings is 2. The van der Waals surface area contributed by atoms with Crippen LogP contribution in [0.25, 0.3) is 11.1 Å². The molecule has 3 atom stereocenters. The Bertz CT molecular complexity index is 1010. The van der Waals surface area contributed by atoms with Gasteiger partial charge in [-0.1, -0.05) is 61.9 Å². The van der Waals surface area contributed by atoms with Gasteiger partial charge < -0.3 is 20.5 Å². The van der Waals surface area contributed by atoms with Crippen molar-refractivity contribution in [2.24, 2.45) is 11.8 Å². The summed E-state index contributed by atoms with van der Waals surface area (Å²) in [7, 11) is 0. The zero-order valence-electron chi connectivity index (χ0n) is 19.5. The summed E-state index contributed by atoms with van der Waals surface area (Å²) < 4.78 is 5.61. The normalized spacial score (nSPS) is 19.7. The molecule has 7 nitrogen and oxygen atoms in total. The first-order chi connectivity index (χ1) is 16.5. The first-order valence-corrected chi connectivity index (χ1v) is 12.1. The van der Waals surface area contributed by atoms with Crippen molar-refractivity contribution in [3.8, 4) is 11.1 Å². The topological polar surface area (TPSA) is 105 Å². The van der Waals surface area contributed by atoms with E-state index in [2.05, 4.69) is 34.9 Å². The highest BCUT2D eigenvalue weighted by molar-refractivity contribution is 5.80. The molecule has 0 aliphatic heterocycles. The van der Waals surface area contributed by atoms with Crippen LogP contribution in [0.1, 0.15) is 56.1 Å². The average Bonchev–Trinajstić information content (AvgIpc) is 3.43. The number of hydrogen-bond acceptors (Lipinski definition) is 4. The van der Waals surface area contributed by atoms with Gasteiger partial charge >= 0.3 is 12.1 Å². The molecule has 2 amide bonds. The monoisotopic (exact) mass is 464 g/mol. The molecule has 2 aromatic carbocycles. The number of carbonyl (C=O) groups is 3. The van der Waals surface area contributed by atoms with Crippen LogP contribution in [0.3, 0.4) is 0 Å². The van der Waals surface area contributed by atoms with Gasteiger partial charge in [0.15, 0.2) is 0 Å². The van der Waals surface area contributed by atoms with Crippen molar-refractivity contribution < 1.29 is 24.2 Å². The van der Waals surface area contributed by atoms with Crippen molar-refractivity contribution in [2.75, 3.05) is 13.2 Å². The second kappa shape index (κ2) is 10.7. The molecule has 0 saturated heterocycles. The Hall–Kier alpha value is -3.35. The molecule has 180 valence electrons. The van der Waals surface area contributed by atoms with Gasteiger partial charge in [0, 0.05) is 24.4 Å². The zero-order chi connectivity index (χ0) is 24.1. The van der Waals surface area contributed by atoms with E-state index in [1.165, 1.54) is 11.1 Å². The Balaban J connectivity index is 1.26. The Kier molecular flexibility index (Phi) is 7.50. The lowest BCUT2D eigenvalue weighted by Gasteiger charge is -2.17. The van der Waals surface area contributed by atoms with Crippen molar-refractivity contribution in [1.29, 1.82) is 0 Å². The summed E-state index contributed by atoms with van der Waals surface area (Å²) in [6.45, 7) is 2.32. The molecular formula is C27H32N2O5. The molecule has 2 aliphatic rings. The fourth-order valence-corrected chi connectivity index (χ4v) is 5.19. The van der Waals surface area contributed by atoms with Crippen molar-refractivity contribution >= 4 is 18.0 Å². The lowest BCUT2D eigenvalue weighted by Crippen LogP contribution is -2.38. The van der Waals surface area contributed by atoms with Gasteiger partial charge in [0.1, 0.15) is 6.61 Å². The van der Waals surface area contributed by atoms with E-state index >= 15 is 0 Å².